The zero-order valence-corrected chi connectivity index (χ0v) is 36.1. The Morgan fingerprint density at radius 1 is 0.650 bits per heavy atom. The van der Waals surface area contributed by atoms with E-state index in [1.165, 1.54) is 0 Å². The minimum atomic E-state index is -0.803. The molecule has 2 aliphatic heterocycles. The fraction of sp³-hybridized carbons (Fsp3) is 0.565. The van der Waals surface area contributed by atoms with Gasteiger partial charge in [-0.2, -0.15) is 0 Å². The number of nitrogens with one attached hydrogen (secondary N) is 4. The molecular formula is C46H64N6O8. The first kappa shape index (κ1) is 47.1. The Bertz CT molecular complexity index is 1730. The fourth-order valence-corrected chi connectivity index (χ4v) is 7.32. The Hall–Kier alpha value is -5.58. The number of hydrogen-bond donors (Lipinski definition) is 4. The van der Waals surface area contributed by atoms with Gasteiger partial charge in [0.05, 0.1) is 13.2 Å². The van der Waals surface area contributed by atoms with Crippen LogP contribution in [0.5, 0.6) is 0 Å². The number of alkyl carbamates (subject to hydrolysis) is 2. The number of hydrogen-bond acceptors (Lipinski definition) is 8. The van der Waals surface area contributed by atoms with Crippen LogP contribution in [-0.2, 0) is 28.7 Å². The average molecular weight is 829 g/mol. The molecule has 2 saturated heterocycles. The minimum absolute atomic E-state index is 0.126. The summed E-state index contributed by atoms with van der Waals surface area (Å²) < 4.78 is 10.5. The van der Waals surface area contributed by atoms with Gasteiger partial charge in [-0.05, 0) is 99.6 Å². The molecule has 2 fully saturated rings. The highest BCUT2D eigenvalue weighted by atomic mass is 16.6. The smallest absolute Gasteiger partial charge is 0.407 e. The Labute approximate surface area is 355 Å². The third-order valence-electron chi connectivity index (χ3n) is 10.3. The number of amides is 6. The maximum atomic E-state index is 13.7. The van der Waals surface area contributed by atoms with Crippen LogP contribution in [-0.4, -0.2) is 96.1 Å². The predicted octanol–water partition coefficient (Wildman–Crippen LogP) is 6.83. The van der Waals surface area contributed by atoms with Gasteiger partial charge in [0.2, 0.25) is 23.6 Å². The van der Waals surface area contributed by atoms with Gasteiger partial charge >= 0.3 is 12.2 Å². The molecule has 4 atom stereocenters. The van der Waals surface area contributed by atoms with Crippen LogP contribution in [0.15, 0.2) is 48.5 Å². The highest BCUT2D eigenvalue weighted by Crippen LogP contribution is 2.24. The fourth-order valence-electron chi connectivity index (χ4n) is 7.32. The number of unbranched alkanes of at least 4 members (excludes halogenated alkanes) is 2. The number of benzene rings is 2. The van der Waals surface area contributed by atoms with Crippen molar-refractivity contribution in [2.24, 2.45) is 11.8 Å². The first-order valence-electron chi connectivity index (χ1n) is 21.6. The van der Waals surface area contributed by atoms with E-state index in [1.54, 1.807) is 46.2 Å². The van der Waals surface area contributed by atoms with Crippen LogP contribution in [0.3, 0.4) is 0 Å². The van der Waals surface area contributed by atoms with Crippen LogP contribution >= 0.6 is 0 Å². The quantitative estimate of drug-likeness (QED) is 0.0935. The normalized spacial score (nSPS) is 17.0. The molecule has 2 heterocycles. The Morgan fingerprint density at radius 3 is 1.42 bits per heavy atom. The van der Waals surface area contributed by atoms with Crippen molar-refractivity contribution in [2.45, 2.75) is 130 Å². The van der Waals surface area contributed by atoms with Gasteiger partial charge in [-0.3, -0.25) is 19.2 Å². The third kappa shape index (κ3) is 14.6. The van der Waals surface area contributed by atoms with E-state index < -0.39 is 36.4 Å². The lowest BCUT2D eigenvalue weighted by atomic mass is 10.0. The number of likely N-dealkylation sites (tertiary alicyclic amines) is 2. The summed E-state index contributed by atoms with van der Waals surface area (Å²) in [5.74, 6) is 5.27. The number of carbonyl (C=O) groups excluding carboxylic acids is 6. The van der Waals surface area contributed by atoms with Gasteiger partial charge in [-0.15, -0.1) is 0 Å². The summed E-state index contributed by atoms with van der Waals surface area (Å²) in [4.78, 5) is 82.6. The summed E-state index contributed by atoms with van der Waals surface area (Å²) in [5, 5.41) is 11.4. The zero-order valence-electron chi connectivity index (χ0n) is 36.1. The predicted molar refractivity (Wildman–Crippen MR) is 231 cm³/mol. The topological polar surface area (TPSA) is 175 Å². The molecule has 14 heteroatoms. The van der Waals surface area contributed by atoms with Crippen molar-refractivity contribution < 1.29 is 38.2 Å². The van der Waals surface area contributed by atoms with Crippen LogP contribution in [0.4, 0.5) is 21.0 Å². The van der Waals surface area contributed by atoms with Crippen molar-refractivity contribution in [3.05, 3.63) is 59.7 Å². The lowest BCUT2D eigenvalue weighted by Crippen LogP contribution is -2.53. The van der Waals surface area contributed by atoms with Crippen LogP contribution < -0.4 is 21.3 Å². The molecule has 0 unspecified atom stereocenters. The SMILES string of the molecule is CCCCOC(=O)N[C@@H](CC(C)C)C(=O)N1CCC[C@H]1C(=O)Nc1cccc(C#Cc2cccc(NC(=O)[C@@H]3CCCN3C(=O)[C@H](CC(C)C)NC(=O)OCCCC)c2)c1. The molecule has 4 rings (SSSR count). The second kappa shape index (κ2) is 23.9. The highest BCUT2D eigenvalue weighted by molar-refractivity contribution is 5.99. The number of rotatable bonds is 18. The molecule has 2 aliphatic rings. The van der Waals surface area contributed by atoms with E-state index in [9.17, 15) is 28.8 Å². The molecule has 60 heavy (non-hydrogen) atoms. The average Bonchev–Trinajstić information content (AvgIpc) is 3.91. The van der Waals surface area contributed by atoms with Crippen molar-refractivity contribution in [2.75, 3.05) is 36.9 Å². The molecule has 6 amide bonds. The van der Waals surface area contributed by atoms with Gasteiger partial charge in [0, 0.05) is 35.6 Å². The number of ether oxygens (including phenoxy) is 2. The zero-order chi connectivity index (χ0) is 43.6. The lowest BCUT2D eigenvalue weighted by molar-refractivity contribution is -0.138. The third-order valence-corrected chi connectivity index (χ3v) is 10.3. The van der Waals surface area contributed by atoms with Gasteiger partial charge in [0.1, 0.15) is 24.2 Å². The van der Waals surface area contributed by atoms with Crippen molar-refractivity contribution in [1.29, 1.82) is 0 Å². The van der Waals surface area contributed by atoms with Crippen molar-refractivity contribution in [1.82, 2.24) is 20.4 Å². The Morgan fingerprint density at radius 2 is 1.05 bits per heavy atom. The number of carbonyl (C=O) groups is 6. The Balaban J connectivity index is 1.38. The monoisotopic (exact) mass is 828 g/mol. The van der Waals surface area contributed by atoms with E-state index in [0.717, 1.165) is 25.7 Å². The highest BCUT2D eigenvalue weighted by Gasteiger charge is 2.39. The van der Waals surface area contributed by atoms with E-state index in [1.807, 2.05) is 53.7 Å². The molecule has 0 saturated carbocycles. The van der Waals surface area contributed by atoms with Crippen LogP contribution in [0.1, 0.15) is 117 Å². The summed E-state index contributed by atoms with van der Waals surface area (Å²) in [6.07, 6.45) is 5.11. The molecule has 0 bridgehead atoms. The number of anilines is 2. The summed E-state index contributed by atoms with van der Waals surface area (Å²) in [7, 11) is 0. The molecule has 0 aliphatic carbocycles. The van der Waals surface area contributed by atoms with E-state index in [4.69, 9.17) is 9.47 Å². The van der Waals surface area contributed by atoms with Gasteiger partial charge in [0.25, 0.3) is 0 Å². The van der Waals surface area contributed by atoms with Gasteiger partial charge in [-0.25, -0.2) is 9.59 Å². The van der Waals surface area contributed by atoms with Crippen LogP contribution in [0, 0.1) is 23.7 Å². The molecule has 326 valence electrons. The largest absolute Gasteiger partial charge is 0.450 e. The molecular weight excluding hydrogens is 765 g/mol. The standard InChI is InChI=1S/C46H64N6O8/c1-7-9-25-59-45(57)49-37(27-31(3)4)43(55)51-23-13-19-39(51)41(53)47-35-17-11-15-33(29-35)21-22-34-16-12-18-36(30-34)48-42(54)40-20-14-24-52(40)44(56)38(28-32(5)6)50-46(58)60-26-10-8-2/h11-12,15-18,29-32,37-40H,7-10,13-14,19-20,23-28H2,1-6H3,(H,47,53)(H,48,54)(H,49,57)(H,50,58)/t37-,38-,39-,40-/m0/s1. The van der Waals surface area contributed by atoms with Crippen molar-refractivity contribution >= 4 is 47.2 Å². The van der Waals surface area contributed by atoms with E-state index >= 15 is 0 Å². The minimum Gasteiger partial charge on any atom is -0.450 e. The first-order chi connectivity index (χ1) is 28.8. The van der Waals surface area contributed by atoms with E-state index in [-0.39, 0.29) is 48.7 Å². The van der Waals surface area contributed by atoms with Gasteiger partial charge < -0.3 is 40.5 Å². The maximum Gasteiger partial charge on any atom is 0.407 e. The van der Waals surface area contributed by atoms with Crippen LogP contribution in [0.25, 0.3) is 0 Å². The second-order valence-electron chi connectivity index (χ2n) is 16.4. The molecule has 4 N–H and O–H groups in total. The summed E-state index contributed by atoms with van der Waals surface area (Å²) in [6.45, 7) is 13.3. The molecule has 14 nitrogen and oxygen atoms in total. The number of nitrogens with zero attached hydrogens (tertiary/aromatic N) is 2. The molecule has 0 aromatic heterocycles. The molecule has 0 spiro atoms. The van der Waals surface area contributed by atoms with Crippen molar-refractivity contribution in [3.8, 4) is 11.8 Å². The summed E-state index contributed by atoms with van der Waals surface area (Å²) in [6, 6.07) is 11.2. The van der Waals surface area contributed by atoms with E-state index in [2.05, 4.69) is 33.1 Å². The van der Waals surface area contributed by atoms with Crippen LogP contribution in [0.2, 0.25) is 0 Å². The first-order valence-corrected chi connectivity index (χ1v) is 21.6. The van der Waals surface area contributed by atoms with Gasteiger partial charge in [-0.1, -0.05) is 78.4 Å². The Kier molecular flexibility index (Phi) is 18.7. The lowest BCUT2D eigenvalue weighted by Gasteiger charge is -2.29. The molecule has 0 radical (unpaired) electrons. The maximum absolute atomic E-state index is 13.7. The molecule has 2 aromatic rings. The second-order valence-corrected chi connectivity index (χ2v) is 16.4. The van der Waals surface area contributed by atoms with Crippen molar-refractivity contribution in [3.63, 3.8) is 0 Å². The summed E-state index contributed by atoms with van der Waals surface area (Å²) >= 11 is 0. The van der Waals surface area contributed by atoms with Gasteiger partial charge in [0.15, 0.2) is 0 Å². The van der Waals surface area contributed by atoms with E-state index in [0.29, 0.717) is 74.1 Å². The molecule has 2 aromatic carbocycles. The summed E-state index contributed by atoms with van der Waals surface area (Å²) in [5.41, 5.74) is 2.34.